The van der Waals surface area contributed by atoms with Crippen LogP contribution in [0.25, 0.3) is 0 Å². The van der Waals surface area contributed by atoms with Crippen LogP contribution in [0.3, 0.4) is 0 Å². The number of fused-ring (bicyclic) bond motifs is 2. The lowest BCUT2D eigenvalue weighted by Crippen LogP contribution is -2.40. The van der Waals surface area contributed by atoms with Crippen molar-refractivity contribution < 1.29 is 19.4 Å². The van der Waals surface area contributed by atoms with Crippen LogP contribution in [0.4, 0.5) is 0 Å². The van der Waals surface area contributed by atoms with Gasteiger partial charge in [0, 0.05) is 25.4 Å². The van der Waals surface area contributed by atoms with Gasteiger partial charge in [0.15, 0.2) is 0 Å². The van der Waals surface area contributed by atoms with E-state index in [0.717, 1.165) is 58.0 Å². The third kappa shape index (κ3) is 6.59. The normalized spacial score (nSPS) is 27.6. The lowest BCUT2D eigenvalue weighted by atomic mass is 9.76. The second kappa shape index (κ2) is 10.8. The van der Waals surface area contributed by atoms with Crippen LogP contribution in [0.2, 0.25) is 0 Å². The average Bonchev–Trinajstić information content (AvgIpc) is 3.18. The fourth-order valence-electron chi connectivity index (χ4n) is 4.24. The first-order valence-electron chi connectivity index (χ1n) is 9.96. The van der Waals surface area contributed by atoms with Gasteiger partial charge in [-0.05, 0) is 38.0 Å². The number of carbonyl (C=O) groups excluding carboxylic acids is 1. The number of carboxylic acids is 1. The Kier molecular flexibility index (Phi) is 8.68. The van der Waals surface area contributed by atoms with Crippen LogP contribution in [0.1, 0.15) is 64.7 Å². The summed E-state index contributed by atoms with van der Waals surface area (Å²) in [7, 11) is 0. The van der Waals surface area contributed by atoms with Crippen LogP contribution in [0.5, 0.6) is 0 Å². The molecule has 0 aliphatic carbocycles. The van der Waals surface area contributed by atoms with Crippen molar-refractivity contribution in [1.82, 2.24) is 10.6 Å². The molecule has 2 rings (SSSR count). The molecule has 2 saturated heterocycles. The Morgan fingerprint density at radius 2 is 1.80 bits per heavy atom. The predicted molar refractivity (Wildman–Crippen MR) is 96.4 cm³/mol. The molecule has 0 saturated carbocycles. The van der Waals surface area contributed by atoms with Crippen LogP contribution < -0.4 is 10.6 Å². The lowest BCUT2D eigenvalue weighted by Gasteiger charge is -2.28. The number of amides is 1. The zero-order chi connectivity index (χ0) is 18.1. The monoisotopic (exact) mass is 354 g/mol. The molecule has 144 valence electrons. The van der Waals surface area contributed by atoms with E-state index < -0.39 is 5.97 Å². The Labute approximate surface area is 151 Å². The molecule has 2 aliphatic heterocycles. The number of hydrogen-bond donors (Lipinski definition) is 3. The number of unbranched alkanes of at least 4 members (excludes halogenated alkanes) is 3. The van der Waals surface area contributed by atoms with Gasteiger partial charge in [-0.3, -0.25) is 9.59 Å². The highest BCUT2D eigenvalue weighted by Crippen LogP contribution is 2.45. The third-order valence-corrected chi connectivity index (χ3v) is 5.51. The first kappa shape index (κ1) is 20.2. The van der Waals surface area contributed by atoms with Gasteiger partial charge >= 0.3 is 5.97 Å². The summed E-state index contributed by atoms with van der Waals surface area (Å²) in [6.45, 7) is 4.02. The van der Waals surface area contributed by atoms with E-state index in [9.17, 15) is 9.59 Å². The van der Waals surface area contributed by atoms with Gasteiger partial charge in [-0.25, -0.2) is 0 Å². The zero-order valence-corrected chi connectivity index (χ0v) is 15.5. The number of nitrogens with one attached hydrogen (secondary N) is 2. The fourth-order valence-corrected chi connectivity index (χ4v) is 4.24. The highest BCUT2D eigenvalue weighted by molar-refractivity contribution is 5.77. The summed E-state index contributed by atoms with van der Waals surface area (Å²) in [5, 5.41) is 14.9. The lowest BCUT2D eigenvalue weighted by molar-refractivity contribution is -0.137. The van der Waals surface area contributed by atoms with Crippen molar-refractivity contribution in [3.8, 4) is 0 Å². The van der Waals surface area contributed by atoms with Crippen molar-refractivity contribution >= 4 is 11.9 Å². The van der Waals surface area contributed by atoms with Crippen LogP contribution in [-0.2, 0) is 14.3 Å². The number of ether oxygens (including phenoxy) is 1. The molecule has 1 amide bonds. The molecule has 6 nitrogen and oxygen atoms in total. The summed E-state index contributed by atoms with van der Waals surface area (Å²) in [5.74, 6) is 0.470. The average molecular weight is 354 g/mol. The summed E-state index contributed by atoms with van der Waals surface area (Å²) in [6, 6.07) is 0. The number of carboxylic acid groups (broad SMARTS) is 1. The van der Waals surface area contributed by atoms with Crippen LogP contribution in [0, 0.1) is 11.8 Å². The van der Waals surface area contributed by atoms with Gasteiger partial charge in [0.25, 0.3) is 0 Å². The maximum atomic E-state index is 11.7. The van der Waals surface area contributed by atoms with Crippen molar-refractivity contribution in [2.24, 2.45) is 11.8 Å². The Balaban J connectivity index is 1.64. The van der Waals surface area contributed by atoms with Gasteiger partial charge in [-0.1, -0.05) is 26.2 Å². The quantitative estimate of drug-likeness (QED) is 0.442. The first-order chi connectivity index (χ1) is 12.1. The van der Waals surface area contributed by atoms with E-state index in [4.69, 9.17) is 9.84 Å². The molecule has 25 heavy (non-hydrogen) atoms. The predicted octanol–water partition coefficient (Wildman–Crippen LogP) is 2.32. The van der Waals surface area contributed by atoms with E-state index in [1.165, 1.54) is 6.42 Å². The molecule has 0 aromatic heterocycles. The highest BCUT2D eigenvalue weighted by Gasteiger charge is 2.47. The molecular formula is C19H34N2O4. The second-order valence-electron chi connectivity index (χ2n) is 7.45. The highest BCUT2D eigenvalue weighted by atomic mass is 16.5. The number of carbonyl (C=O) groups is 2. The van der Waals surface area contributed by atoms with Crippen LogP contribution in [0.15, 0.2) is 0 Å². The smallest absolute Gasteiger partial charge is 0.303 e. The van der Waals surface area contributed by atoms with Crippen LogP contribution in [-0.4, -0.2) is 48.8 Å². The molecule has 2 fully saturated rings. The minimum atomic E-state index is -0.699. The van der Waals surface area contributed by atoms with Gasteiger partial charge < -0.3 is 20.5 Å². The largest absolute Gasteiger partial charge is 0.481 e. The molecule has 4 atom stereocenters. The zero-order valence-electron chi connectivity index (χ0n) is 15.5. The Morgan fingerprint density at radius 1 is 1.08 bits per heavy atom. The van der Waals surface area contributed by atoms with Gasteiger partial charge in [0.2, 0.25) is 5.91 Å². The Bertz CT molecular complexity index is 430. The van der Waals surface area contributed by atoms with Gasteiger partial charge in [-0.15, -0.1) is 0 Å². The number of hydrogen-bond acceptors (Lipinski definition) is 4. The molecule has 4 unspecified atom stereocenters. The molecule has 0 spiro atoms. The summed E-state index contributed by atoms with van der Waals surface area (Å²) < 4.78 is 6.11. The number of rotatable bonds is 13. The second-order valence-corrected chi connectivity index (χ2v) is 7.45. The van der Waals surface area contributed by atoms with E-state index in [0.29, 0.717) is 30.6 Å². The number of aliphatic carboxylic acids is 1. The van der Waals surface area contributed by atoms with Crippen molar-refractivity contribution in [1.29, 1.82) is 0 Å². The van der Waals surface area contributed by atoms with E-state index in [1.807, 2.05) is 6.92 Å². The first-order valence-corrected chi connectivity index (χ1v) is 9.96. The van der Waals surface area contributed by atoms with E-state index in [1.54, 1.807) is 0 Å². The molecule has 0 radical (unpaired) electrons. The maximum absolute atomic E-state index is 11.7. The summed E-state index contributed by atoms with van der Waals surface area (Å²) in [6.07, 6.45) is 9.47. The molecule has 2 heterocycles. The summed E-state index contributed by atoms with van der Waals surface area (Å²) in [4.78, 5) is 22.2. The molecule has 0 aromatic carbocycles. The molecule has 6 heteroatoms. The fraction of sp³-hybridized carbons (Fsp3) is 0.895. The molecule has 0 aromatic rings. The molecule has 3 N–H and O–H groups in total. The SMILES string of the molecule is CCCNC(=O)CNCC1C2CCC(O2)C1CCCCCCC(=O)O. The topological polar surface area (TPSA) is 87.7 Å². The van der Waals surface area contributed by atoms with E-state index in [-0.39, 0.29) is 12.3 Å². The minimum absolute atomic E-state index is 0.0703. The van der Waals surface area contributed by atoms with E-state index >= 15 is 0 Å². The van der Waals surface area contributed by atoms with Crippen molar-refractivity contribution in [2.45, 2.75) is 76.9 Å². The Morgan fingerprint density at radius 3 is 2.52 bits per heavy atom. The van der Waals surface area contributed by atoms with E-state index in [2.05, 4.69) is 10.6 Å². The van der Waals surface area contributed by atoms with Crippen molar-refractivity contribution in [3.63, 3.8) is 0 Å². The van der Waals surface area contributed by atoms with Gasteiger partial charge in [0.05, 0.1) is 18.8 Å². The van der Waals surface area contributed by atoms with Gasteiger partial charge in [-0.2, -0.15) is 0 Å². The minimum Gasteiger partial charge on any atom is -0.481 e. The van der Waals surface area contributed by atoms with Crippen LogP contribution >= 0.6 is 0 Å². The molecular weight excluding hydrogens is 320 g/mol. The summed E-state index contributed by atoms with van der Waals surface area (Å²) >= 11 is 0. The summed E-state index contributed by atoms with van der Waals surface area (Å²) in [5.41, 5.74) is 0. The van der Waals surface area contributed by atoms with Crippen molar-refractivity contribution in [2.75, 3.05) is 19.6 Å². The van der Waals surface area contributed by atoms with Crippen molar-refractivity contribution in [3.05, 3.63) is 0 Å². The van der Waals surface area contributed by atoms with Gasteiger partial charge in [0.1, 0.15) is 0 Å². The standard InChI is InChI=1S/C19H34N2O4/c1-2-11-21-18(22)13-20-12-15-14(16-9-10-17(15)25-16)7-5-3-4-6-8-19(23)24/h14-17,20H,2-13H2,1H3,(H,21,22)(H,23,24). The molecule has 2 bridgehead atoms. The molecule has 2 aliphatic rings. The Hall–Kier alpha value is -1.14. The maximum Gasteiger partial charge on any atom is 0.303 e. The third-order valence-electron chi connectivity index (χ3n) is 5.51.